The first-order chi connectivity index (χ1) is 14.5. The first-order valence-electron chi connectivity index (χ1n) is 9.41. The minimum Gasteiger partial charge on any atom is -0.321 e. The Morgan fingerprint density at radius 3 is 2.33 bits per heavy atom. The molecule has 0 saturated heterocycles. The lowest BCUT2D eigenvalue weighted by atomic mass is 10.0. The van der Waals surface area contributed by atoms with Crippen molar-refractivity contribution >= 4 is 57.3 Å². The zero-order valence-corrected chi connectivity index (χ0v) is 18.3. The normalized spacial score (nSPS) is 10.9. The number of aryl methyl sites for hydroxylation is 1. The van der Waals surface area contributed by atoms with Gasteiger partial charge in [-0.3, -0.25) is 4.79 Å². The Balaban J connectivity index is 1.79. The summed E-state index contributed by atoms with van der Waals surface area (Å²) in [5.74, 6) is -0.305. The number of halogens is 3. The highest BCUT2D eigenvalue weighted by Gasteiger charge is 2.16. The molecule has 0 spiro atoms. The first-order valence-corrected chi connectivity index (χ1v) is 10.5. The van der Waals surface area contributed by atoms with Crippen molar-refractivity contribution in [3.05, 3.63) is 92.9 Å². The van der Waals surface area contributed by atoms with Crippen LogP contribution < -0.4 is 5.32 Å². The SMILES string of the molecule is CCc1ccc(-c2cc(C(=O)Nc3cc(Cl)c(Cl)cc3Cl)c3ccccc3n2)cc1. The summed E-state index contributed by atoms with van der Waals surface area (Å²) in [6, 6.07) is 20.6. The number of fused-ring (bicyclic) bond motifs is 1. The molecule has 3 nitrogen and oxygen atoms in total. The van der Waals surface area contributed by atoms with Crippen LogP contribution in [0.2, 0.25) is 15.1 Å². The molecule has 0 aliphatic rings. The Morgan fingerprint density at radius 1 is 0.900 bits per heavy atom. The molecular weight excluding hydrogens is 439 g/mol. The number of anilines is 1. The number of amides is 1. The largest absolute Gasteiger partial charge is 0.321 e. The molecule has 3 aromatic carbocycles. The van der Waals surface area contributed by atoms with Gasteiger partial charge in [0.05, 0.1) is 37.5 Å². The van der Waals surface area contributed by atoms with Crippen molar-refractivity contribution < 1.29 is 4.79 Å². The van der Waals surface area contributed by atoms with E-state index in [9.17, 15) is 4.79 Å². The standard InChI is InChI=1S/C24H17Cl3N2O/c1-2-14-7-9-15(10-8-14)22-11-17(16-5-3-4-6-21(16)28-22)24(30)29-23-13-19(26)18(25)12-20(23)27/h3-13H,2H2,1H3,(H,29,30). The molecule has 6 heteroatoms. The molecule has 1 aromatic heterocycles. The van der Waals surface area contributed by atoms with Crippen LogP contribution in [0.5, 0.6) is 0 Å². The van der Waals surface area contributed by atoms with Crippen LogP contribution >= 0.6 is 34.8 Å². The summed E-state index contributed by atoms with van der Waals surface area (Å²) in [7, 11) is 0. The number of nitrogens with zero attached hydrogens (tertiary/aromatic N) is 1. The molecule has 1 N–H and O–H groups in total. The minimum atomic E-state index is -0.305. The lowest BCUT2D eigenvalue weighted by Crippen LogP contribution is -2.13. The van der Waals surface area contributed by atoms with E-state index in [1.165, 1.54) is 17.7 Å². The second-order valence-electron chi connectivity index (χ2n) is 6.82. The van der Waals surface area contributed by atoms with E-state index in [-0.39, 0.29) is 5.91 Å². The number of benzene rings is 3. The zero-order valence-electron chi connectivity index (χ0n) is 16.0. The van der Waals surface area contributed by atoms with Gasteiger partial charge in [0, 0.05) is 10.9 Å². The molecule has 0 aliphatic heterocycles. The fourth-order valence-electron chi connectivity index (χ4n) is 3.23. The summed E-state index contributed by atoms with van der Waals surface area (Å²) >= 11 is 18.3. The molecule has 0 unspecified atom stereocenters. The molecule has 0 aliphatic carbocycles. The molecular formula is C24H17Cl3N2O. The van der Waals surface area contributed by atoms with E-state index >= 15 is 0 Å². The number of rotatable bonds is 4. The van der Waals surface area contributed by atoms with Crippen molar-refractivity contribution in [2.75, 3.05) is 5.32 Å². The monoisotopic (exact) mass is 454 g/mol. The van der Waals surface area contributed by atoms with Gasteiger partial charge < -0.3 is 5.32 Å². The van der Waals surface area contributed by atoms with Crippen LogP contribution in [0.1, 0.15) is 22.8 Å². The number of aromatic nitrogens is 1. The summed E-state index contributed by atoms with van der Waals surface area (Å²) in [5.41, 5.74) is 4.54. The quantitative estimate of drug-likeness (QED) is 0.321. The van der Waals surface area contributed by atoms with Crippen LogP contribution in [0.25, 0.3) is 22.2 Å². The predicted octanol–water partition coefficient (Wildman–Crippen LogP) is 7.68. The Morgan fingerprint density at radius 2 is 1.60 bits per heavy atom. The maximum absolute atomic E-state index is 13.2. The molecule has 0 fully saturated rings. The summed E-state index contributed by atoms with van der Waals surface area (Å²) in [6.45, 7) is 2.11. The first kappa shape index (κ1) is 20.7. The van der Waals surface area contributed by atoms with Gasteiger partial charge in [-0.15, -0.1) is 0 Å². The van der Waals surface area contributed by atoms with Gasteiger partial charge in [0.25, 0.3) is 5.91 Å². The van der Waals surface area contributed by atoms with Crippen LogP contribution in [0.3, 0.4) is 0 Å². The van der Waals surface area contributed by atoms with Gasteiger partial charge in [-0.25, -0.2) is 4.98 Å². The number of carbonyl (C=O) groups is 1. The number of para-hydroxylation sites is 1. The van der Waals surface area contributed by atoms with Crippen molar-refractivity contribution in [1.29, 1.82) is 0 Å². The van der Waals surface area contributed by atoms with Gasteiger partial charge in [-0.1, -0.05) is 84.2 Å². The fraction of sp³-hybridized carbons (Fsp3) is 0.0833. The fourth-order valence-corrected chi connectivity index (χ4v) is 3.82. The van der Waals surface area contributed by atoms with E-state index in [0.717, 1.165) is 28.6 Å². The molecule has 1 amide bonds. The summed E-state index contributed by atoms with van der Waals surface area (Å²) in [5, 5.41) is 4.54. The van der Waals surface area contributed by atoms with Crippen LogP contribution in [-0.2, 0) is 6.42 Å². The number of carbonyl (C=O) groups excluding carboxylic acids is 1. The van der Waals surface area contributed by atoms with Crippen molar-refractivity contribution in [3.8, 4) is 11.3 Å². The average Bonchev–Trinajstić information content (AvgIpc) is 2.76. The molecule has 4 aromatic rings. The van der Waals surface area contributed by atoms with Crippen LogP contribution in [0, 0.1) is 0 Å². The van der Waals surface area contributed by atoms with Crippen LogP contribution in [0.4, 0.5) is 5.69 Å². The third-order valence-electron chi connectivity index (χ3n) is 4.88. The van der Waals surface area contributed by atoms with Gasteiger partial charge in [0.15, 0.2) is 0 Å². The Hall–Kier alpha value is -2.59. The zero-order chi connectivity index (χ0) is 21.3. The number of pyridine rings is 1. The second-order valence-corrected chi connectivity index (χ2v) is 8.04. The van der Waals surface area contributed by atoms with Crippen molar-refractivity contribution in [2.45, 2.75) is 13.3 Å². The topological polar surface area (TPSA) is 42.0 Å². The van der Waals surface area contributed by atoms with Gasteiger partial charge in [-0.2, -0.15) is 0 Å². The predicted molar refractivity (Wildman–Crippen MR) is 126 cm³/mol. The summed E-state index contributed by atoms with van der Waals surface area (Å²) in [6.07, 6.45) is 0.962. The Labute approximate surface area is 189 Å². The summed E-state index contributed by atoms with van der Waals surface area (Å²) < 4.78 is 0. The molecule has 150 valence electrons. The molecule has 1 heterocycles. The highest BCUT2D eigenvalue weighted by molar-refractivity contribution is 6.44. The highest BCUT2D eigenvalue weighted by Crippen LogP contribution is 2.33. The van der Waals surface area contributed by atoms with E-state index < -0.39 is 0 Å². The smallest absolute Gasteiger partial charge is 0.256 e. The molecule has 0 atom stereocenters. The summed E-state index contributed by atoms with van der Waals surface area (Å²) in [4.78, 5) is 17.9. The number of nitrogens with one attached hydrogen (secondary N) is 1. The van der Waals surface area contributed by atoms with Crippen LogP contribution in [0.15, 0.2) is 66.7 Å². The van der Waals surface area contributed by atoms with Crippen molar-refractivity contribution in [1.82, 2.24) is 4.98 Å². The lowest BCUT2D eigenvalue weighted by Gasteiger charge is -2.12. The molecule has 30 heavy (non-hydrogen) atoms. The lowest BCUT2D eigenvalue weighted by molar-refractivity contribution is 0.102. The van der Waals surface area contributed by atoms with E-state index in [4.69, 9.17) is 39.8 Å². The molecule has 0 saturated carbocycles. The third-order valence-corrected chi connectivity index (χ3v) is 5.91. The van der Waals surface area contributed by atoms with E-state index in [1.54, 1.807) is 6.07 Å². The van der Waals surface area contributed by atoms with Gasteiger partial charge in [-0.05, 0) is 36.2 Å². The molecule has 0 bridgehead atoms. The van der Waals surface area contributed by atoms with Gasteiger partial charge in [0.2, 0.25) is 0 Å². The van der Waals surface area contributed by atoms with E-state index in [2.05, 4.69) is 24.4 Å². The van der Waals surface area contributed by atoms with Crippen LogP contribution in [-0.4, -0.2) is 10.9 Å². The maximum Gasteiger partial charge on any atom is 0.256 e. The van der Waals surface area contributed by atoms with Gasteiger partial charge in [0.1, 0.15) is 0 Å². The molecule has 4 rings (SSSR count). The highest BCUT2D eigenvalue weighted by atomic mass is 35.5. The minimum absolute atomic E-state index is 0.305. The Bertz CT molecular complexity index is 1250. The van der Waals surface area contributed by atoms with Crippen molar-refractivity contribution in [3.63, 3.8) is 0 Å². The Kier molecular flexibility index (Phi) is 5.96. The average molecular weight is 456 g/mol. The third kappa shape index (κ3) is 4.15. The molecule has 0 radical (unpaired) electrons. The number of hydrogen-bond donors (Lipinski definition) is 1. The number of hydrogen-bond acceptors (Lipinski definition) is 2. The van der Waals surface area contributed by atoms with Crippen molar-refractivity contribution in [2.24, 2.45) is 0 Å². The van der Waals surface area contributed by atoms with E-state index in [0.29, 0.717) is 26.3 Å². The maximum atomic E-state index is 13.2. The second kappa shape index (κ2) is 8.65. The van der Waals surface area contributed by atoms with Gasteiger partial charge >= 0.3 is 0 Å². The van der Waals surface area contributed by atoms with E-state index in [1.807, 2.05) is 36.4 Å².